The Labute approximate surface area is 76.3 Å². The molecule has 2 aliphatic rings. The monoisotopic (exact) mass is 181 g/mol. The molecule has 13 heavy (non-hydrogen) atoms. The van der Waals surface area contributed by atoms with Crippen molar-refractivity contribution in [3.63, 3.8) is 0 Å². The summed E-state index contributed by atoms with van der Waals surface area (Å²) in [6.07, 6.45) is 7.51. The summed E-state index contributed by atoms with van der Waals surface area (Å²) in [4.78, 5) is 21.2. The molecule has 0 saturated carbocycles. The van der Waals surface area contributed by atoms with Gasteiger partial charge in [-0.15, -0.1) is 0 Å². The summed E-state index contributed by atoms with van der Waals surface area (Å²) in [7, 11) is 1.55. The predicted octanol–water partition coefficient (Wildman–Crippen LogP) is 0.619. The molecule has 0 aromatic heterocycles. The molecule has 1 aliphatic heterocycles. The molecule has 0 N–H and O–H groups in total. The molecule has 4 nitrogen and oxygen atoms in total. The highest BCUT2D eigenvalue weighted by molar-refractivity contribution is 6.00. The predicted molar refractivity (Wildman–Crippen MR) is 45.4 cm³/mol. The number of nitrogens with zero attached hydrogens (tertiary/aromatic N) is 1. The van der Waals surface area contributed by atoms with Gasteiger partial charge in [0.1, 0.15) is 5.54 Å². The SMILES string of the molecule is CON1OCCC12C=CC(=O)C=C2. The fraction of sp³-hybridized carbons (Fsp3) is 0.444. The highest BCUT2D eigenvalue weighted by Crippen LogP contribution is 2.31. The number of carbonyl (C=O) groups excluding carboxylic acids is 1. The number of rotatable bonds is 1. The van der Waals surface area contributed by atoms with Gasteiger partial charge in [0, 0.05) is 6.42 Å². The second-order valence-electron chi connectivity index (χ2n) is 3.08. The van der Waals surface area contributed by atoms with Gasteiger partial charge in [0.2, 0.25) is 0 Å². The molecule has 1 spiro atoms. The van der Waals surface area contributed by atoms with Gasteiger partial charge in [-0.25, -0.2) is 0 Å². The smallest absolute Gasteiger partial charge is 0.178 e. The van der Waals surface area contributed by atoms with Crippen molar-refractivity contribution in [2.45, 2.75) is 12.0 Å². The van der Waals surface area contributed by atoms with Crippen molar-refractivity contribution in [2.75, 3.05) is 13.7 Å². The fourth-order valence-electron chi connectivity index (χ4n) is 1.58. The van der Waals surface area contributed by atoms with Gasteiger partial charge in [0.25, 0.3) is 0 Å². The lowest BCUT2D eigenvalue weighted by atomic mass is 9.92. The van der Waals surface area contributed by atoms with Crippen LogP contribution in [0.1, 0.15) is 6.42 Å². The van der Waals surface area contributed by atoms with Crippen LogP contribution in [0.2, 0.25) is 0 Å². The number of hydrogen-bond acceptors (Lipinski definition) is 4. The van der Waals surface area contributed by atoms with Crippen molar-refractivity contribution in [1.82, 2.24) is 5.23 Å². The second kappa shape index (κ2) is 3.06. The molecule has 1 aliphatic carbocycles. The summed E-state index contributed by atoms with van der Waals surface area (Å²) in [6.45, 7) is 0.608. The normalized spacial score (nSPS) is 26.1. The van der Waals surface area contributed by atoms with E-state index in [1.165, 1.54) is 5.23 Å². The maximum Gasteiger partial charge on any atom is 0.178 e. The molecule has 1 heterocycles. The Morgan fingerprint density at radius 3 is 2.85 bits per heavy atom. The first-order valence-electron chi connectivity index (χ1n) is 4.16. The highest BCUT2D eigenvalue weighted by atomic mass is 17.0. The molecule has 1 fully saturated rings. The molecule has 0 aromatic carbocycles. The molecule has 0 bridgehead atoms. The Morgan fingerprint density at radius 2 is 2.23 bits per heavy atom. The van der Waals surface area contributed by atoms with Gasteiger partial charge >= 0.3 is 0 Å². The first-order chi connectivity index (χ1) is 6.27. The van der Waals surface area contributed by atoms with E-state index in [9.17, 15) is 4.79 Å². The first kappa shape index (κ1) is 8.62. The van der Waals surface area contributed by atoms with E-state index in [0.29, 0.717) is 6.61 Å². The zero-order valence-corrected chi connectivity index (χ0v) is 7.40. The van der Waals surface area contributed by atoms with Gasteiger partial charge in [-0.1, -0.05) is 17.4 Å². The molecule has 0 amide bonds. The van der Waals surface area contributed by atoms with E-state index >= 15 is 0 Å². The van der Waals surface area contributed by atoms with E-state index in [1.54, 1.807) is 19.3 Å². The molecular formula is C9H11NO3. The summed E-state index contributed by atoms with van der Waals surface area (Å²) in [5.74, 6) is 0.00794. The Bertz CT molecular complexity index is 267. The van der Waals surface area contributed by atoms with Crippen molar-refractivity contribution in [3.05, 3.63) is 24.3 Å². The molecule has 70 valence electrons. The van der Waals surface area contributed by atoms with Crippen LogP contribution in [0, 0.1) is 0 Å². The van der Waals surface area contributed by atoms with E-state index < -0.39 is 0 Å². The lowest BCUT2D eigenvalue weighted by Crippen LogP contribution is -2.40. The van der Waals surface area contributed by atoms with Crippen molar-refractivity contribution < 1.29 is 14.5 Å². The van der Waals surface area contributed by atoms with E-state index in [-0.39, 0.29) is 11.3 Å². The summed E-state index contributed by atoms with van der Waals surface area (Å²) >= 11 is 0. The minimum Gasteiger partial charge on any atom is -0.290 e. The highest BCUT2D eigenvalue weighted by Gasteiger charge is 2.40. The summed E-state index contributed by atoms with van der Waals surface area (Å²) in [6, 6.07) is 0. The Balaban J connectivity index is 2.25. The number of hydroxylamine groups is 2. The van der Waals surface area contributed by atoms with Crippen LogP contribution in [-0.4, -0.2) is 30.3 Å². The van der Waals surface area contributed by atoms with Crippen LogP contribution in [0.15, 0.2) is 24.3 Å². The van der Waals surface area contributed by atoms with Crippen LogP contribution in [0.25, 0.3) is 0 Å². The second-order valence-corrected chi connectivity index (χ2v) is 3.08. The lowest BCUT2D eigenvalue weighted by molar-refractivity contribution is -0.351. The van der Waals surface area contributed by atoms with Crippen LogP contribution in [-0.2, 0) is 14.5 Å². The van der Waals surface area contributed by atoms with Crippen molar-refractivity contribution in [2.24, 2.45) is 0 Å². The Kier molecular flexibility index (Phi) is 2.03. The third-order valence-corrected chi connectivity index (χ3v) is 2.29. The lowest BCUT2D eigenvalue weighted by Gasteiger charge is -2.29. The van der Waals surface area contributed by atoms with Crippen molar-refractivity contribution >= 4 is 5.78 Å². The van der Waals surface area contributed by atoms with Gasteiger partial charge in [-0.3, -0.25) is 14.5 Å². The maximum absolute atomic E-state index is 10.9. The van der Waals surface area contributed by atoms with Crippen LogP contribution in [0.3, 0.4) is 0 Å². The van der Waals surface area contributed by atoms with Gasteiger partial charge in [0.15, 0.2) is 5.78 Å². The number of allylic oxidation sites excluding steroid dienone is 2. The minimum atomic E-state index is -0.372. The average Bonchev–Trinajstić information content (AvgIpc) is 2.54. The number of ketones is 1. The van der Waals surface area contributed by atoms with E-state index in [4.69, 9.17) is 9.68 Å². The topological polar surface area (TPSA) is 38.8 Å². The largest absolute Gasteiger partial charge is 0.290 e. The van der Waals surface area contributed by atoms with E-state index in [0.717, 1.165) is 6.42 Å². The van der Waals surface area contributed by atoms with Crippen LogP contribution in [0.4, 0.5) is 0 Å². The van der Waals surface area contributed by atoms with Gasteiger partial charge in [0.05, 0.1) is 13.7 Å². The summed E-state index contributed by atoms with van der Waals surface area (Å²) in [5.41, 5.74) is -0.372. The molecule has 0 atom stereocenters. The first-order valence-corrected chi connectivity index (χ1v) is 4.16. The maximum atomic E-state index is 10.9. The molecule has 1 saturated heterocycles. The Morgan fingerprint density at radius 1 is 1.54 bits per heavy atom. The average molecular weight is 181 g/mol. The molecule has 2 rings (SSSR count). The molecule has 4 heteroatoms. The molecule has 0 unspecified atom stereocenters. The zero-order valence-electron chi connectivity index (χ0n) is 7.40. The fourth-order valence-corrected chi connectivity index (χ4v) is 1.58. The minimum absolute atomic E-state index is 0.00794. The van der Waals surface area contributed by atoms with Gasteiger partial charge in [-0.05, 0) is 12.2 Å². The van der Waals surface area contributed by atoms with E-state index in [2.05, 4.69) is 0 Å². The number of carbonyl (C=O) groups is 1. The molecule has 0 radical (unpaired) electrons. The van der Waals surface area contributed by atoms with E-state index in [1.807, 2.05) is 12.2 Å². The standard InChI is InChI=1S/C9H11NO3/c1-12-10-9(6-7-13-10)4-2-8(11)3-5-9/h2-5H,6-7H2,1H3. The van der Waals surface area contributed by atoms with Crippen LogP contribution in [0.5, 0.6) is 0 Å². The molecule has 0 aromatic rings. The van der Waals surface area contributed by atoms with Crippen molar-refractivity contribution in [3.8, 4) is 0 Å². The van der Waals surface area contributed by atoms with Gasteiger partial charge < -0.3 is 0 Å². The molecular weight excluding hydrogens is 170 g/mol. The van der Waals surface area contributed by atoms with Gasteiger partial charge in [-0.2, -0.15) is 0 Å². The third kappa shape index (κ3) is 1.33. The Hall–Kier alpha value is -0.970. The third-order valence-electron chi connectivity index (χ3n) is 2.29. The quantitative estimate of drug-likeness (QED) is 0.594. The van der Waals surface area contributed by atoms with Crippen molar-refractivity contribution in [1.29, 1.82) is 0 Å². The summed E-state index contributed by atoms with van der Waals surface area (Å²) < 4.78 is 0. The van der Waals surface area contributed by atoms with Crippen LogP contribution >= 0.6 is 0 Å². The summed E-state index contributed by atoms with van der Waals surface area (Å²) in [5, 5.41) is 1.42. The number of hydrogen-bond donors (Lipinski definition) is 0. The zero-order chi connectivity index (χ0) is 9.31. The van der Waals surface area contributed by atoms with Crippen LogP contribution < -0.4 is 0 Å².